The zero-order chi connectivity index (χ0) is 36.6. The zero-order valence-electron chi connectivity index (χ0n) is 26.9. The molecule has 0 spiro atoms. The van der Waals surface area contributed by atoms with Crippen LogP contribution in [0, 0.1) is 0 Å². The highest BCUT2D eigenvalue weighted by Gasteiger charge is 2.54. The summed E-state index contributed by atoms with van der Waals surface area (Å²) in [7, 11) is 0. The van der Waals surface area contributed by atoms with Gasteiger partial charge in [0.15, 0.2) is 28.9 Å². The molecular weight excluding hydrogens is 703 g/mol. The monoisotopic (exact) mass is 732 g/mol. The summed E-state index contributed by atoms with van der Waals surface area (Å²) in [5, 5.41) is 51.9. The van der Waals surface area contributed by atoms with E-state index in [0.717, 1.165) is 27.4 Å². The van der Waals surface area contributed by atoms with Crippen molar-refractivity contribution >= 4 is 74.5 Å². The third-order valence-corrected chi connectivity index (χ3v) is 9.94. The van der Waals surface area contributed by atoms with Crippen LogP contribution >= 0.6 is 23.1 Å². The largest absolute Gasteiger partial charge is 0.504 e. The van der Waals surface area contributed by atoms with Gasteiger partial charge in [-0.1, -0.05) is 46.3 Å². The lowest BCUT2D eigenvalue weighted by Crippen LogP contribution is -2.71. The van der Waals surface area contributed by atoms with Gasteiger partial charge in [0.05, 0.1) is 5.39 Å². The molecule has 1 saturated heterocycles. The molecule has 2 unspecified atom stereocenters. The minimum atomic E-state index is -1.78. The quantitative estimate of drug-likeness (QED) is 0.0426. The number of thiazole rings is 1. The van der Waals surface area contributed by atoms with Crippen molar-refractivity contribution in [2.75, 3.05) is 11.5 Å². The number of nitrogens with two attached hydrogens (primary N) is 1. The van der Waals surface area contributed by atoms with Gasteiger partial charge in [-0.25, -0.2) is 14.6 Å². The number of β-lactam (4-membered cyclic amide) rings is 1. The molecule has 2 aliphatic heterocycles. The number of nitrogens with one attached hydrogen (secondary N) is 1. The van der Waals surface area contributed by atoms with E-state index in [1.165, 1.54) is 43.1 Å². The number of rotatable bonds is 11. The third-order valence-electron chi connectivity index (χ3n) is 7.96. The van der Waals surface area contributed by atoms with Gasteiger partial charge in [-0.3, -0.25) is 14.5 Å². The summed E-state index contributed by atoms with van der Waals surface area (Å²) in [5.74, 6) is -4.39. The number of nitrogens with zero attached hydrogens (tertiary/aromatic N) is 5. The Hall–Kier alpha value is -6.01. The van der Waals surface area contributed by atoms with Gasteiger partial charge in [0.2, 0.25) is 11.8 Å². The molecule has 18 heteroatoms. The second-order valence-corrected chi connectivity index (χ2v) is 14.0. The second-order valence-electron chi connectivity index (χ2n) is 12.0. The summed E-state index contributed by atoms with van der Waals surface area (Å²) >= 11 is 2.28. The number of thioether (sulfide) groups is 1. The summed E-state index contributed by atoms with van der Waals surface area (Å²) in [4.78, 5) is 60.8. The number of allylic oxidation sites excluding steroid dienone is 1. The van der Waals surface area contributed by atoms with E-state index in [9.17, 15) is 39.6 Å². The molecule has 7 N–H and O–H groups in total. The van der Waals surface area contributed by atoms with E-state index in [-0.39, 0.29) is 33.8 Å². The molecule has 51 heavy (non-hydrogen) atoms. The molecule has 0 radical (unpaired) electrons. The molecule has 2 amide bonds. The minimum Gasteiger partial charge on any atom is -0.504 e. The van der Waals surface area contributed by atoms with Crippen LogP contribution in [0.5, 0.6) is 11.5 Å². The highest BCUT2D eigenvalue weighted by atomic mass is 32.2. The van der Waals surface area contributed by atoms with Gasteiger partial charge in [-0.2, -0.15) is 0 Å². The first-order chi connectivity index (χ1) is 24.2. The number of anilines is 1. The summed E-state index contributed by atoms with van der Waals surface area (Å²) in [5.41, 5.74) is 5.45. The van der Waals surface area contributed by atoms with Crippen LogP contribution in [0.3, 0.4) is 0 Å². The second kappa shape index (κ2) is 13.7. The number of hydrogen-bond donors (Lipinski definition) is 6. The number of carboxylic acids is 2. The van der Waals surface area contributed by atoms with Gasteiger partial charge in [0.25, 0.3) is 11.8 Å². The Kier molecular flexibility index (Phi) is 9.37. The predicted octanol–water partition coefficient (Wildman–Crippen LogP) is 2.06. The summed E-state index contributed by atoms with van der Waals surface area (Å²) < 4.78 is 1.69. The summed E-state index contributed by atoms with van der Waals surface area (Å²) in [6, 6.07) is 9.29. The first-order valence-electron chi connectivity index (χ1n) is 15.1. The Balaban J connectivity index is 1.14. The number of aromatic nitrogens is 3. The first-order valence-corrected chi connectivity index (χ1v) is 17.1. The topological polar surface area (TPSA) is 242 Å². The van der Waals surface area contributed by atoms with Crippen LogP contribution in [0.25, 0.3) is 16.8 Å². The first kappa shape index (κ1) is 34.8. The lowest BCUT2D eigenvalue weighted by atomic mass is 10.0. The molecule has 0 bridgehead atoms. The van der Waals surface area contributed by atoms with Crippen molar-refractivity contribution in [3.05, 3.63) is 88.3 Å². The van der Waals surface area contributed by atoms with Crippen LogP contribution in [-0.4, -0.2) is 87.6 Å². The Bertz CT molecular complexity index is 2180. The molecule has 0 saturated carbocycles. The Morgan fingerprint density at radius 2 is 1.84 bits per heavy atom. The maximum atomic E-state index is 13.3. The number of phenolic OH excluding ortho intramolecular Hbond substituents is 2. The van der Waals surface area contributed by atoms with Gasteiger partial charge in [-0.05, 0) is 42.2 Å². The number of amides is 2. The lowest BCUT2D eigenvalue weighted by molar-refractivity contribution is -0.744. The van der Waals surface area contributed by atoms with Crippen LogP contribution in [0.4, 0.5) is 5.13 Å². The minimum absolute atomic E-state index is 0.00911. The standard InChI is InChI=1S/C33H29N7O9S2/c1-33(2,31(47)48)49-38-24(21-15-51-32(34)36-21)27(43)37-25-28(44)40-26(30(45)46)18(14-50-29(25)40)8-7-16-3-5-17(6-4-16)12-39-13-20-10-23(42)22(41)9-19(20)11-35-39/h3-11,13,15,25,29H,12,14H2,1-2H3,(H6,34,36,37,42,43,45,46,47,48)/p+1/b8-7+,38-24-. The number of aromatic hydroxyl groups is 2. The van der Waals surface area contributed by atoms with E-state index in [4.69, 9.17) is 10.6 Å². The molecule has 1 fully saturated rings. The smallest absolute Gasteiger partial charge is 0.352 e. The summed E-state index contributed by atoms with van der Waals surface area (Å²) in [6.07, 6.45) is 6.73. The number of benzene rings is 2. The fourth-order valence-electron chi connectivity index (χ4n) is 5.15. The van der Waals surface area contributed by atoms with Crippen molar-refractivity contribution in [1.82, 2.24) is 20.3 Å². The van der Waals surface area contributed by atoms with Crippen LogP contribution in [0.2, 0.25) is 0 Å². The average Bonchev–Trinajstić information content (AvgIpc) is 3.52. The number of carbonyl (C=O) groups excluding carboxylic acids is 2. The molecule has 0 aliphatic carbocycles. The molecular formula is C33H30N7O9S2+. The molecule has 4 aromatic rings. The van der Waals surface area contributed by atoms with Crippen LogP contribution in [-0.2, 0) is 30.6 Å². The van der Waals surface area contributed by atoms with Gasteiger partial charge >= 0.3 is 11.9 Å². The lowest BCUT2D eigenvalue weighted by Gasteiger charge is -2.49. The number of fused-ring (bicyclic) bond motifs is 2. The van der Waals surface area contributed by atoms with Crippen LogP contribution in [0.15, 0.2) is 76.7 Å². The Labute approximate surface area is 297 Å². The Morgan fingerprint density at radius 3 is 2.49 bits per heavy atom. The SMILES string of the molecule is CC(C)(O/N=C(\C(=O)NC1C(=O)N2C(C(=O)O)=C(/C=C/c3ccc(C[n+]4cc5cc(O)c(O)cc5cn4)cc3)CSC12)c1csc(N)n1)C(=O)O. The van der Waals surface area contributed by atoms with Crippen molar-refractivity contribution < 1.29 is 49.1 Å². The van der Waals surface area contributed by atoms with Crippen molar-refractivity contribution in [3.63, 3.8) is 0 Å². The number of aliphatic carboxylic acids is 2. The molecule has 16 nitrogen and oxygen atoms in total. The number of oxime groups is 1. The average molecular weight is 733 g/mol. The highest BCUT2D eigenvalue weighted by Crippen LogP contribution is 2.41. The van der Waals surface area contributed by atoms with E-state index in [0.29, 0.717) is 22.9 Å². The molecule has 6 rings (SSSR count). The van der Waals surface area contributed by atoms with Gasteiger partial charge < -0.3 is 36.3 Å². The normalized spacial score (nSPS) is 17.7. The molecule has 2 aromatic heterocycles. The van der Waals surface area contributed by atoms with Crippen LogP contribution in [0.1, 0.15) is 30.7 Å². The summed E-state index contributed by atoms with van der Waals surface area (Å²) in [6.45, 7) is 2.91. The number of carbonyl (C=O) groups is 4. The fourth-order valence-corrected chi connectivity index (χ4v) is 7.01. The highest BCUT2D eigenvalue weighted by molar-refractivity contribution is 8.00. The molecule has 2 aliphatic rings. The van der Waals surface area contributed by atoms with E-state index < -0.39 is 46.5 Å². The zero-order valence-corrected chi connectivity index (χ0v) is 28.5. The maximum absolute atomic E-state index is 13.3. The molecule has 262 valence electrons. The van der Waals surface area contributed by atoms with Crippen molar-refractivity contribution in [2.45, 2.75) is 37.4 Å². The fraction of sp³-hybridized carbons (Fsp3) is 0.212. The van der Waals surface area contributed by atoms with Gasteiger partial charge in [0, 0.05) is 22.1 Å². The number of phenols is 2. The third kappa shape index (κ3) is 7.17. The number of hydrogen-bond acceptors (Lipinski definition) is 13. The van der Waals surface area contributed by atoms with Crippen molar-refractivity contribution in [3.8, 4) is 11.5 Å². The molecule has 2 aromatic carbocycles. The van der Waals surface area contributed by atoms with E-state index in [1.54, 1.807) is 29.2 Å². The van der Waals surface area contributed by atoms with Gasteiger partial charge in [0.1, 0.15) is 29.0 Å². The van der Waals surface area contributed by atoms with E-state index in [2.05, 4.69) is 20.6 Å². The van der Waals surface area contributed by atoms with Crippen LogP contribution < -0.4 is 15.7 Å². The number of nitrogen functional groups attached to an aromatic ring is 1. The maximum Gasteiger partial charge on any atom is 0.352 e. The van der Waals surface area contributed by atoms with E-state index >= 15 is 0 Å². The Morgan fingerprint density at radius 1 is 1.14 bits per heavy atom. The van der Waals surface area contributed by atoms with E-state index in [1.807, 2.05) is 24.3 Å². The molecule has 4 heterocycles. The number of carboxylic acid groups (broad SMARTS) is 2. The van der Waals surface area contributed by atoms with Gasteiger partial charge in [-0.15, -0.1) is 23.1 Å². The van der Waals surface area contributed by atoms with Crippen molar-refractivity contribution in [1.29, 1.82) is 0 Å². The molecule has 2 atom stereocenters. The predicted molar refractivity (Wildman–Crippen MR) is 185 cm³/mol. The van der Waals surface area contributed by atoms with Crippen molar-refractivity contribution in [2.24, 2.45) is 5.16 Å².